The Labute approximate surface area is 92.8 Å². The van der Waals surface area contributed by atoms with Crippen molar-refractivity contribution in [1.29, 1.82) is 0 Å². The Morgan fingerprint density at radius 1 is 1.62 bits per heavy atom. The Morgan fingerprint density at radius 2 is 2.25 bits per heavy atom. The lowest BCUT2D eigenvalue weighted by Crippen LogP contribution is -2.38. The average Bonchev–Trinajstić information content (AvgIpc) is 2.27. The molecular weight excluding hydrogens is 213 g/mol. The zero-order valence-corrected chi connectivity index (χ0v) is 9.14. The zero-order valence-electron chi connectivity index (χ0n) is 9.14. The van der Waals surface area contributed by atoms with Gasteiger partial charge in [0.1, 0.15) is 11.4 Å². The molecule has 0 spiro atoms. The van der Waals surface area contributed by atoms with Crippen LogP contribution in [0.15, 0.2) is 18.3 Å². The maximum Gasteiger partial charge on any atom is 0.309 e. The lowest BCUT2D eigenvalue weighted by molar-refractivity contribution is -0.152. The maximum absolute atomic E-state index is 12.7. The number of carboxylic acids is 1. The summed E-state index contributed by atoms with van der Waals surface area (Å²) in [7, 11) is 0. The van der Waals surface area contributed by atoms with Gasteiger partial charge in [0, 0.05) is 0 Å². The molecule has 0 bridgehead atoms. The molecule has 2 unspecified atom stereocenters. The molecule has 4 nitrogen and oxygen atoms in total. The van der Waals surface area contributed by atoms with Crippen LogP contribution in [0, 0.1) is 11.7 Å². The van der Waals surface area contributed by atoms with E-state index in [0.29, 0.717) is 0 Å². The minimum absolute atomic E-state index is 0.173. The zero-order chi connectivity index (χ0) is 12.3. The molecule has 1 aromatic rings. The number of carboxylic acid groups (broad SMARTS) is 1. The number of halogens is 1. The molecule has 1 rings (SSSR count). The van der Waals surface area contributed by atoms with Crippen LogP contribution in [0.1, 0.15) is 26.0 Å². The standard InChI is InChI=1S/C11H14FNO3/c1-3-11(16,7(2)10(14)15)9-5-4-8(12)6-13-9/h4-7,16H,3H2,1-2H3,(H,14,15). The molecule has 0 saturated heterocycles. The number of hydrogen-bond donors (Lipinski definition) is 2. The van der Waals surface area contributed by atoms with Gasteiger partial charge >= 0.3 is 5.97 Å². The quantitative estimate of drug-likeness (QED) is 0.818. The second-order valence-corrected chi connectivity index (χ2v) is 3.70. The molecule has 88 valence electrons. The molecule has 0 radical (unpaired) electrons. The lowest BCUT2D eigenvalue weighted by Gasteiger charge is -2.29. The van der Waals surface area contributed by atoms with E-state index in [1.807, 2.05) is 0 Å². The molecular formula is C11H14FNO3. The van der Waals surface area contributed by atoms with Gasteiger partial charge < -0.3 is 10.2 Å². The molecule has 1 heterocycles. The van der Waals surface area contributed by atoms with Gasteiger partial charge in [-0.1, -0.05) is 6.92 Å². The summed E-state index contributed by atoms with van der Waals surface area (Å²) in [5.41, 5.74) is -1.40. The van der Waals surface area contributed by atoms with Crippen LogP contribution in [0.25, 0.3) is 0 Å². The number of aliphatic hydroxyl groups is 1. The van der Waals surface area contributed by atoms with Gasteiger partial charge in [0.25, 0.3) is 0 Å². The molecule has 2 N–H and O–H groups in total. The first-order chi connectivity index (χ1) is 7.41. The highest BCUT2D eigenvalue weighted by molar-refractivity contribution is 5.71. The first-order valence-electron chi connectivity index (χ1n) is 4.99. The summed E-state index contributed by atoms with van der Waals surface area (Å²) >= 11 is 0. The molecule has 0 aliphatic carbocycles. The number of carbonyl (C=O) groups is 1. The second kappa shape index (κ2) is 4.57. The van der Waals surface area contributed by atoms with Gasteiger partial charge in [0.2, 0.25) is 0 Å². The van der Waals surface area contributed by atoms with Gasteiger partial charge in [0.05, 0.1) is 17.8 Å². The molecule has 0 amide bonds. The Hall–Kier alpha value is -1.49. The summed E-state index contributed by atoms with van der Waals surface area (Å²) in [6.07, 6.45) is 1.16. The van der Waals surface area contributed by atoms with Crippen LogP contribution in [-0.4, -0.2) is 21.2 Å². The highest BCUT2D eigenvalue weighted by atomic mass is 19.1. The average molecular weight is 227 g/mol. The number of nitrogens with zero attached hydrogens (tertiary/aromatic N) is 1. The first kappa shape index (κ1) is 12.6. The Balaban J connectivity index is 3.14. The first-order valence-corrected chi connectivity index (χ1v) is 4.99. The Bertz CT molecular complexity index is 379. The van der Waals surface area contributed by atoms with Gasteiger partial charge in [-0.25, -0.2) is 4.39 Å². The van der Waals surface area contributed by atoms with E-state index in [9.17, 15) is 14.3 Å². The number of aliphatic carboxylic acids is 1. The van der Waals surface area contributed by atoms with E-state index in [2.05, 4.69) is 4.98 Å². The van der Waals surface area contributed by atoms with E-state index in [4.69, 9.17) is 5.11 Å². The summed E-state index contributed by atoms with van der Waals surface area (Å²) in [5, 5.41) is 19.2. The normalized spacial score (nSPS) is 16.5. The van der Waals surface area contributed by atoms with Crippen LogP contribution >= 0.6 is 0 Å². The molecule has 1 aromatic heterocycles. The van der Waals surface area contributed by atoms with E-state index in [-0.39, 0.29) is 12.1 Å². The summed E-state index contributed by atoms with van der Waals surface area (Å²) < 4.78 is 12.7. The summed E-state index contributed by atoms with van der Waals surface area (Å²) in [6.45, 7) is 3.06. The number of aromatic nitrogens is 1. The van der Waals surface area contributed by atoms with Crippen molar-refractivity contribution in [3.63, 3.8) is 0 Å². The number of hydrogen-bond acceptors (Lipinski definition) is 3. The summed E-state index contributed by atoms with van der Waals surface area (Å²) in [6, 6.07) is 2.45. The predicted octanol–water partition coefficient (Wildman–Crippen LogP) is 1.54. The Morgan fingerprint density at radius 3 is 2.62 bits per heavy atom. The van der Waals surface area contributed by atoms with Gasteiger partial charge in [-0.05, 0) is 25.5 Å². The minimum Gasteiger partial charge on any atom is -0.481 e. The van der Waals surface area contributed by atoms with Gasteiger partial charge in [-0.15, -0.1) is 0 Å². The molecule has 0 aliphatic rings. The molecule has 2 atom stereocenters. The van der Waals surface area contributed by atoms with Crippen LogP contribution in [0.5, 0.6) is 0 Å². The molecule has 0 aliphatic heterocycles. The SMILES string of the molecule is CCC(O)(c1ccc(F)cn1)C(C)C(=O)O. The monoisotopic (exact) mass is 227 g/mol. The summed E-state index contributed by atoms with van der Waals surface area (Å²) in [5.74, 6) is -2.64. The van der Waals surface area contributed by atoms with Crippen molar-refractivity contribution >= 4 is 5.97 Å². The highest BCUT2D eigenvalue weighted by Gasteiger charge is 2.39. The second-order valence-electron chi connectivity index (χ2n) is 3.70. The van der Waals surface area contributed by atoms with Crippen molar-refractivity contribution in [3.8, 4) is 0 Å². The van der Waals surface area contributed by atoms with Gasteiger partial charge in [-0.3, -0.25) is 9.78 Å². The molecule has 0 fully saturated rings. The summed E-state index contributed by atoms with van der Waals surface area (Å²) in [4.78, 5) is 14.6. The van der Waals surface area contributed by atoms with E-state index in [1.165, 1.54) is 13.0 Å². The van der Waals surface area contributed by atoms with Crippen LogP contribution in [0.2, 0.25) is 0 Å². The van der Waals surface area contributed by atoms with Gasteiger partial charge in [-0.2, -0.15) is 0 Å². The molecule has 5 heteroatoms. The third-order valence-corrected chi connectivity index (χ3v) is 2.80. The Kier molecular flexibility index (Phi) is 3.59. The fraction of sp³-hybridized carbons (Fsp3) is 0.455. The van der Waals surface area contributed by atoms with Crippen molar-refractivity contribution in [3.05, 3.63) is 29.8 Å². The van der Waals surface area contributed by atoms with Crippen molar-refractivity contribution in [2.75, 3.05) is 0 Å². The third-order valence-electron chi connectivity index (χ3n) is 2.80. The topological polar surface area (TPSA) is 70.4 Å². The smallest absolute Gasteiger partial charge is 0.309 e. The van der Waals surface area contributed by atoms with E-state index >= 15 is 0 Å². The minimum atomic E-state index is -1.57. The van der Waals surface area contributed by atoms with Crippen LogP contribution in [0.4, 0.5) is 4.39 Å². The van der Waals surface area contributed by atoms with E-state index in [0.717, 1.165) is 12.3 Å². The lowest BCUT2D eigenvalue weighted by atomic mass is 9.83. The van der Waals surface area contributed by atoms with E-state index < -0.39 is 23.3 Å². The van der Waals surface area contributed by atoms with Crippen molar-refractivity contribution in [2.24, 2.45) is 5.92 Å². The molecule has 16 heavy (non-hydrogen) atoms. The van der Waals surface area contributed by atoms with Crippen LogP contribution < -0.4 is 0 Å². The third kappa shape index (κ3) is 2.19. The van der Waals surface area contributed by atoms with Crippen molar-refractivity contribution in [1.82, 2.24) is 4.98 Å². The van der Waals surface area contributed by atoms with Gasteiger partial charge in [0.15, 0.2) is 0 Å². The van der Waals surface area contributed by atoms with Crippen LogP contribution in [0.3, 0.4) is 0 Å². The maximum atomic E-state index is 12.7. The largest absolute Gasteiger partial charge is 0.481 e. The molecule has 0 saturated carbocycles. The van der Waals surface area contributed by atoms with Crippen LogP contribution in [-0.2, 0) is 10.4 Å². The van der Waals surface area contributed by atoms with Crippen molar-refractivity contribution in [2.45, 2.75) is 25.9 Å². The fourth-order valence-electron chi connectivity index (χ4n) is 1.55. The number of rotatable bonds is 4. The number of pyridine rings is 1. The van der Waals surface area contributed by atoms with E-state index in [1.54, 1.807) is 6.92 Å². The molecule has 0 aromatic carbocycles. The fourth-order valence-corrected chi connectivity index (χ4v) is 1.55. The highest BCUT2D eigenvalue weighted by Crippen LogP contribution is 2.31. The predicted molar refractivity (Wildman–Crippen MR) is 55.2 cm³/mol. The van der Waals surface area contributed by atoms with Crippen molar-refractivity contribution < 1.29 is 19.4 Å².